The molecular weight excluding hydrogens is 616 g/mol. The number of rotatable bonds is 25. The number of nitrogens with zero attached hydrogens (tertiary/aromatic N) is 1. The number of ether oxygens (including phenoxy) is 2. The summed E-state index contributed by atoms with van der Waals surface area (Å²) in [5.74, 6) is -0.911. The quantitative estimate of drug-likeness (QED) is 0.0899. The summed E-state index contributed by atoms with van der Waals surface area (Å²) in [6, 6.07) is 16.1. The van der Waals surface area contributed by atoms with Crippen molar-refractivity contribution in [3.8, 4) is 0 Å². The number of benzene rings is 2. The van der Waals surface area contributed by atoms with Crippen LogP contribution in [0.4, 0.5) is 0 Å². The maximum atomic E-state index is 12.2. The van der Waals surface area contributed by atoms with Gasteiger partial charge in [-0.1, -0.05) is 134 Å². The molecule has 0 radical (unpaired) electrons. The molecule has 0 spiro atoms. The van der Waals surface area contributed by atoms with Crippen molar-refractivity contribution >= 4 is 11.9 Å². The summed E-state index contributed by atoms with van der Waals surface area (Å²) in [5.41, 5.74) is 3.86. The van der Waals surface area contributed by atoms with E-state index in [0.717, 1.165) is 41.9 Å². The van der Waals surface area contributed by atoms with E-state index in [9.17, 15) is 14.7 Å². The van der Waals surface area contributed by atoms with Crippen LogP contribution in [0.15, 0.2) is 48.5 Å². The highest BCUT2D eigenvalue weighted by molar-refractivity contribution is 5.76. The average molecular weight is 681 g/mol. The highest BCUT2D eigenvalue weighted by atomic mass is 16.7. The molecule has 4 unspecified atom stereocenters. The average Bonchev–Trinajstić information content (AvgIpc) is 3.11. The van der Waals surface area contributed by atoms with E-state index in [2.05, 4.69) is 43.1 Å². The van der Waals surface area contributed by atoms with Crippen LogP contribution in [0.5, 0.6) is 0 Å². The zero-order chi connectivity index (χ0) is 35.3. The Labute approximate surface area is 296 Å². The number of amides is 1. The van der Waals surface area contributed by atoms with Crippen LogP contribution in [0.3, 0.4) is 0 Å². The predicted octanol–water partition coefficient (Wildman–Crippen LogP) is 8.86. The van der Waals surface area contributed by atoms with Gasteiger partial charge in [-0.25, -0.2) is 0 Å². The molecule has 1 heterocycles. The van der Waals surface area contributed by atoms with Crippen molar-refractivity contribution in [2.24, 2.45) is 5.92 Å². The molecule has 274 valence electrons. The number of aliphatic hydroxyl groups excluding tert-OH is 1. The Hall–Kier alpha value is -2.78. The number of aliphatic hydroxyl groups is 1. The second-order valence-electron chi connectivity index (χ2n) is 13.9. The predicted molar refractivity (Wildman–Crippen MR) is 196 cm³/mol. The second kappa shape index (κ2) is 23.6. The minimum atomic E-state index is -0.889. The molecule has 1 fully saturated rings. The highest BCUT2D eigenvalue weighted by Crippen LogP contribution is 2.42. The molecule has 8 heteroatoms. The molecule has 0 saturated carbocycles. The molecule has 3 rings (SSSR count). The van der Waals surface area contributed by atoms with Crippen LogP contribution in [0.1, 0.15) is 152 Å². The van der Waals surface area contributed by atoms with Crippen LogP contribution in [0.25, 0.3) is 0 Å². The Kier molecular flexibility index (Phi) is 19.6. The third-order valence-corrected chi connectivity index (χ3v) is 9.75. The molecule has 0 aromatic heterocycles. The van der Waals surface area contributed by atoms with Gasteiger partial charge in [0.05, 0.1) is 18.8 Å². The van der Waals surface area contributed by atoms with E-state index in [-0.39, 0.29) is 43.5 Å². The van der Waals surface area contributed by atoms with E-state index < -0.39 is 12.3 Å². The van der Waals surface area contributed by atoms with Gasteiger partial charge in [0.15, 0.2) is 6.29 Å². The first kappa shape index (κ1) is 40.6. The van der Waals surface area contributed by atoms with Crippen molar-refractivity contribution < 1.29 is 29.3 Å². The van der Waals surface area contributed by atoms with Gasteiger partial charge in [-0.15, -0.1) is 0 Å². The SMILES string of the molecule is CCCCCCCCN(CCCCCCCC)CC1OC(c2ccc(CNC(=O)CCCC(=O)O)cc2)OC(c2ccc(CO)cc2)C1C. The zero-order valence-corrected chi connectivity index (χ0v) is 30.5. The fourth-order valence-electron chi connectivity index (χ4n) is 6.59. The van der Waals surface area contributed by atoms with Gasteiger partial charge in [-0.3, -0.25) is 9.59 Å². The summed E-state index contributed by atoms with van der Waals surface area (Å²) >= 11 is 0. The normalized spacial score (nSPS) is 19.3. The second-order valence-corrected chi connectivity index (χ2v) is 13.9. The molecule has 1 saturated heterocycles. The van der Waals surface area contributed by atoms with E-state index in [1.807, 2.05) is 36.4 Å². The number of hydrogen-bond donors (Lipinski definition) is 3. The van der Waals surface area contributed by atoms with Crippen molar-refractivity contribution in [1.82, 2.24) is 10.2 Å². The van der Waals surface area contributed by atoms with Crippen LogP contribution in [-0.4, -0.2) is 52.7 Å². The lowest BCUT2D eigenvalue weighted by Crippen LogP contribution is -2.45. The van der Waals surface area contributed by atoms with Crippen LogP contribution in [-0.2, 0) is 32.2 Å². The van der Waals surface area contributed by atoms with Crippen molar-refractivity contribution in [2.45, 2.75) is 149 Å². The molecule has 2 aromatic carbocycles. The maximum Gasteiger partial charge on any atom is 0.303 e. The Bertz CT molecular complexity index is 1170. The molecule has 1 amide bonds. The molecular formula is C41H64N2O6. The number of carboxylic acid groups (broad SMARTS) is 1. The van der Waals surface area contributed by atoms with Crippen molar-refractivity contribution in [1.29, 1.82) is 0 Å². The minimum Gasteiger partial charge on any atom is -0.481 e. The Morgan fingerprint density at radius 3 is 1.84 bits per heavy atom. The molecule has 4 atom stereocenters. The number of aliphatic carboxylic acids is 1. The molecule has 1 aliphatic rings. The fraction of sp³-hybridized carbons (Fsp3) is 0.659. The first-order valence-electron chi connectivity index (χ1n) is 19.1. The van der Waals surface area contributed by atoms with E-state index in [1.165, 1.54) is 77.0 Å². The molecule has 8 nitrogen and oxygen atoms in total. The van der Waals surface area contributed by atoms with E-state index in [0.29, 0.717) is 13.0 Å². The molecule has 0 bridgehead atoms. The van der Waals surface area contributed by atoms with Gasteiger partial charge < -0.3 is 29.9 Å². The number of hydrogen-bond acceptors (Lipinski definition) is 6. The van der Waals surface area contributed by atoms with Gasteiger partial charge in [-0.05, 0) is 49.0 Å². The van der Waals surface area contributed by atoms with Crippen LogP contribution in [0, 0.1) is 5.92 Å². The van der Waals surface area contributed by atoms with E-state index in [4.69, 9.17) is 14.6 Å². The minimum absolute atomic E-state index is 0.00839. The van der Waals surface area contributed by atoms with Crippen LogP contribution >= 0.6 is 0 Å². The topological polar surface area (TPSA) is 108 Å². The van der Waals surface area contributed by atoms with Crippen LogP contribution in [0.2, 0.25) is 0 Å². The summed E-state index contributed by atoms with van der Waals surface area (Å²) in [6.45, 7) is 10.2. The standard InChI is InChI=1S/C41H64N2O6/c1-4-6-8-10-12-14-27-43(28-15-13-11-9-7-5-2)30-37-32(3)40(35-23-21-34(31-44)22-24-35)49-41(48-37)36-25-19-33(20-26-36)29-42-38(45)17-16-18-39(46)47/h19-26,32,37,40-41,44H,4-18,27-31H2,1-3H3,(H,42,45)(H,46,47). The van der Waals surface area contributed by atoms with Gasteiger partial charge in [0, 0.05) is 37.4 Å². The zero-order valence-electron chi connectivity index (χ0n) is 30.5. The fourth-order valence-corrected chi connectivity index (χ4v) is 6.59. The number of carbonyl (C=O) groups is 2. The van der Waals surface area contributed by atoms with Crippen LogP contribution < -0.4 is 5.32 Å². The summed E-state index contributed by atoms with van der Waals surface area (Å²) in [5, 5.41) is 21.3. The molecule has 2 aromatic rings. The summed E-state index contributed by atoms with van der Waals surface area (Å²) < 4.78 is 13.5. The molecule has 49 heavy (non-hydrogen) atoms. The lowest BCUT2D eigenvalue weighted by Gasteiger charge is -2.43. The third kappa shape index (κ3) is 15.3. The Balaban J connectivity index is 1.72. The number of nitrogens with one attached hydrogen (secondary N) is 1. The van der Waals surface area contributed by atoms with E-state index >= 15 is 0 Å². The van der Waals surface area contributed by atoms with Gasteiger partial charge in [0.1, 0.15) is 0 Å². The number of carboxylic acids is 1. The van der Waals surface area contributed by atoms with Crippen molar-refractivity contribution in [3.05, 3.63) is 70.8 Å². The van der Waals surface area contributed by atoms with Gasteiger partial charge in [0.25, 0.3) is 0 Å². The van der Waals surface area contributed by atoms with Gasteiger partial charge >= 0.3 is 5.97 Å². The van der Waals surface area contributed by atoms with Gasteiger partial charge in [0.2, 0.25) is 5.91 Å². The Morgan fingerprint density at radius 2 is 1.27 bits per heavy atom. The van der Waals surface area contributed by atoms with Crippen molar-refractivity contribution in [2.75, 3.05) is 19.6 Å². The summed E-state index contributed by atoms with van der Waals surface area (Å²) in [7, 11) is 0. The maximum absolute atomic E-state index is 12.2. The third-order valence-electron chi connectivity index (χ3n) is 9.75. The van der Waals surface area contributed by atoms with Crippen molar-refractivity contribution in [3.63, 3.8) is 0 Å². The lowest BCUT2D eigenvalue weighted by molar-refractivity contribution is -0.276. The first-order chi connectivity index (χ1) is 23.8. The summed E-state index contributed by atoms with van der Waals surface area (Å²) in [4.78, 5) is 25.5. The molecule has 1 aliphatic heterocycles. The smallest absolute Gasteiger partial charge is 0.303 e. The molecule has 3 N–H and O–H groups in total. The first-order valence-corrected chi connectivity index (χ1v) is 19.1. The van der Waals surface area contributed by atoms with Gasteiger partial charge in [-0.2, -0.15) is 0 Å². The lowest BCUT2D eigenvalue weighted by atomic mass is 9.90. The summed E-state index contributed by atoms with van der Waals surface area (Å²) in [6.07, 6.45) is 15.2. The molecule has 0 aliphatic carbocycles. The highest BCUT2D eigenvalue weighted by Gasteiger charge is 2.39. The largest absolute Gasteiger partial charge is 0.481 e. The number of carbonyl (C=O) groups excluding carboxylic acids is 1. The monoisotopic (exact) mass is 680 g/mol. The van der Waals surface area contributed by atoms with E-state index in [1.54, 1.807) is 0 Å². The Morgan fingerprint density at radius 1 is 0.714 bits per heavy atom. The number of unbranched alkanes of at least 4 members (excludes halogenated alkanes) is 10.